The van der Waals surface area contributed by atoms with Crippen LogP contribution in [0, 0.1) is 11.3 Å². The number of nitriles is 1. The number of hydrogen-bond acceptors (Lipinski definition) is 6. The van der Waals surface area contributed by atoms with Crippen molar-refractivity contribution in [2.75, 3.05) is 37.0 Å². The van der Waals surface area contributed by atoms with Crippen molar-refractivity contribution in [3.63, 3.8) is 0 Å². The minimum atomic E-state index is 0.0518. The lowest BCUT2D eigenvalue weighted by atomic mass is 10.3. The first-order chi connectivity index (χ1) is 11.6. The van der Waals surface area contributed by atoms with Crippen LogP contribution in [0.4, 0.5) is 11.6 Å². The highest BCUT2D eigenvalue weighted by Gasteiger charge is 2.26. The molecule has 3 rings (SSSR count). The van der Waals surface area contributed by atoms with E-state index in [2.05, 4.69) is 14.9 Å². The molecule has 6 nitrogen and oxygen atoms in total. The average molecular weight is 344 g/mol. The molecule has 124 valence electrons. The van der Waals surface area contributed by atoms with Gasteiger partial charge in [0.2, 0.25) is 0 Å². The summed E-state index contributed by atoms with van der Waals surface area (Å²) in [4.78, 5) is 12.7. The lowest BCUT2D eigenvalue weighted by Crippen LogP contribution is -2.26. The van der Waals surface area contributed by atoms with E-state index in [1.54, 1.807) is 12.3 Å². The lowest BCUT2D eigenvalue weighted by Gasteiger charge is -2.21. The number of halogens is 1. The fraction of sp³-hybridized carbons (Fsp3) is 0.353. The van der Waals surface area contributed by atoms with Crippen LogP contribution in [0.2, 0.25) is 5.02 Å². The van der Waals surface area contributed by atoms with Crippen molar-refractivity contribution in [1.82, 2.24) is 9.97 Å². The molecule has 0 amide bonds. The first kappa shape index (κ1) is 16.3. The van der Waals surface area contributed by atoms with Crippen LogP contribution in [0.15, 0.2) is 30.5 Å². The molecule has 0 aromatic carbocycles. The van der Waals surface area contributed by atoms with Gasteiger partial charge < -0.3 is 14.5 Å². The van der Waals surface area contributed by atoms with Crippen LogP contribution in [0.3, 0.4) is 0 Å². The molecule has 1 atom stereocenters. The Kier molecular flexibility index (Phi) is 4.72. The summed E-state index contributed by atoms with van der Waals surface area (Å²) in [5.41, 5.74) is 0.251. The Morgan fingerprint density at radius 2 is 2.21 bits per heavy atom. The summed E-state index contributed by atoms with van der Waals surface area (Å²) in [6, 6.07) is 9.36. The molecule has 1 aliphatic rings. The maximum absolute atomic E-state index is 9.06. The molecule has 0 radical (unpaired) electrons. The summed E-state index contributed by atoms with van der Waals surface area (Å²) in [7, 11) is 3.88. The van der Waals surface area contributed by atoms with Gasteiger partial charge in [0.1, 0.15) is 18.0 Å². The molecular formula is C17H18ClN5O. The van der Waals surface area contributed by atoms with Crippen molar-refractivity contribution in [2.45, 2.75) is 12.5 Å². The summed E-state index contributed by atoms with van der Waals surface area (Å²) < 4.78 is 6.14. The highest BCUT2D eigenvalue weighted by molar-refractivity contribution is 6.31. The first-order valence-corrected chi connectivity index (χ1v) is 8.07. The molecular weight excluding hydrogens is 326 g/mol. The summed E-state index contributed by atoms with van der Waals surface area (Å²) in [5.74, 6) is 2.34. The second-order valence-corrected chi connectivity index (χ2v) is 6.21. The predicted octanol–water partition coefficient (Wildman–Crippen LogP) is 2.73. The standard InChI is InChI=1S/C17H18ClN5O/c1-22(2)17-15(4-3-8-20-17)24-12-7-9-23(11-12)16-6-5-13(18)14(10-19)21-16/h3-6,8,12H,7,9,11H2,1-2H3. The van der Waals surface area contributed by atoms with E-state index in [9.17, 15) is 0 Å². The molecule has 2 aromatic heterocycles. The molecule has 7 heteroatoms. The minimum absolute atomic E-state index is 0.0518. The number of rotatable bonds is 4. The van der Waals surface area contributed by atoms with Gasteiger partial charge in [0.15, 0.2) is 17.3 Å². The van der Waals surface area contributed by atoms with Crippen molar-refractivity contribution in [3.8, 4) is 11.8 Å². The van der Waals surface area contributed by atoms with Crippen LogP contribution in [0.1, 0.15) is 12.1 Å². The van der Waals surface area contributed by atoms with E-state index in [4.69, 9.17) is 21.6 Å². The van der Waals surface area contributed by atoms with Gasteiger partial charge in [-0.15, -0.1) is 0 Å². The van der Waals surface area contributed by atoms with Crippen LogP contribution < -0.4 is 14.5 Å². The molecule has 2 aromatic rings. The SMILES string of the molecule is CN(C)c1ncccc1OC1CCN(c2ccc(Cl)c(C#N)n2)C1. The van der Waals surface area contributed by atoms with Crippen LogP contribution in [-0.2, 0) is 0 Å². The van der Waals surface area contributed by atoms with Crippen LogP contribution in [0.25, 0.3) is 0 Å². The third kappa shape index (κ3) is 3.36. The topological polar surface area (TPSA) is 65.3 Å². The highest BCUT2D eigenvalue weighted by Crippen LogP contribution is 2.28. The van der Waals surface area contributed by atoms with Crippen molar-refractivity contribution in [2.24, 2.45) is 0 Å². The Morgan fingerprint density at radius 1 is 1.38 bits per heavy atom. The molecule has 3 heterocycles. The van der Waals surface area contributed by atoms with E-state index in [1.807, 2.05) is 43.3 Å². The van der Waals surface area contributed by atoms with E-state index in [1.165, 1.54) is 0 Å². The molecule has 1 saturated heterocycles. The van der Waals surface area contributed by atoms with Gasteiger partial charge in [-0.2, -0.15) is 5.26 Å². The fourth-order valence-electron chi connectivity index (χ4n) is 2.71. The van der Waals surface area contributed by atoms with Crippen molar-refractivity contribution >= 4 is 23.2 Å². The van der Waals surface area contributed by atoms with E-state index < -0.39 is 0 Å². The fourth-order valence-corrected chi connectivity index (χ4v) is 2.86. The number of hydrogen-bond donors (Lipinski definition) is 0. The Balaban J connectivity index is 1.71. The minimum Gasteiger partial charge on any atom is -0.485 e. The second-order valence-electron chi connectivity index (χ2n) is 5.81. The quantitative estimate of drug-likeness (QED) is 0.850. The van der Waals surface area contributed by atoms with Crippen LogP contribution in [0.5, 0.6) is 5.75 Å². The van der Waals surface area contributed by atoms with Crippen molar-refractivity contribution in [3.05, 3.63) is 41.2 Å². The molecule has 0 spiro atoms. The zero-order valence-corrected chi connectivity index (χ0v) is 14.4. The predicted molar refractivity (Wildman–Crippen MR) is 93.8 cm³/mol. The summed E-state index contributed by atoms with van der Waals surface area (Å²) in [5, 5.41) is 9.44. The highest BCUT2D eigenvalue weighted by atomic mass is 35.5. The van der Waals surface area contributed by atoms with E-state index in [-0.39, 0.29) is 11.8 Å². The second kappa shape index (κ2) is 6.93. The normalized spacial score (nSPS) is 16.8. The molecule has 24 heavy (non-hydrogen) atoms. The Labute approximate surface area is 146 Å². The third-order valence-electron chi connectivity index (χ3n) is 3.87. The lowest BCUT2D eigenvalue weighted by molar-refractivity contribution is 0.225. The maximum atomic E-state index is 9.06. The zero-order chi connectivity index (χ0) is 17.1. The van der Waals surface area contributed by atoms with Gasteiger partial charge in [0.05, 0.1) is 11.6 Å². The number of nitrogens with zero attached hydrogens (tertiary/aromatic N) is 5. The summed E-state index contributed by atoms with van der Waals surface area (Å²) >= 11 is 5.95. The largest absolute Gasteiger partial charge is 0.485 e. The summed E-state index contributed by atoms with van der Waals surface area (Å²) in [6.45, 7) is 1.53. The molecule has 1 unspecified atom stereocenters. The van der Waals surface area contributed by atoms with Gasteiger partial charge in [-0.3, -0.25) is 0 Å². The molecule has 1 fully saturated rings. The molecule has 1 aliphatic heterocycles. The molecule has 0 N–H and O–H groups in total. The molecule has 0 saturated carbocycles. The van der Waals surface area contributed by atoms with Gasteiger partial charge in [-0.1, -0.05) is 11.6 Å². The zero-order valence-electron chi connectivity index (χ0n) is 13.6. The van der Waals surface area contributed by atoms with Gasteiger partial charge in [-0.25, -0.2) is 9.97 Å². The number of anilines is 2. The van der Waals surface area contributed by atoms with Gasteiger partial charge in [-0.05, 0) is 24.3 Å². The smallest absolute Gasteiger partial charge is 0.170 e. The monoisotopic (exact) mass is 343 g/mol. The number of ether oxygens (including phenoxy) is 1. The van der Waals surface area contributed by atoms with E-state index in [0.29, 0.717) is 11.6 Å². The van der Waals surface area contributed by atoms with Crippen LogP contribution in [-0.4, -0.2) is 43.3 Å². The maximum Gasteiger partial charge on any atom is 0.170 e. The average Bonchev–Trinajstić information content (AvgIpc) is 3.04. The van der Waals surface area contributed by atoms with Crippen molar-refractivity contribution < 1.29 is 4.74 Å². The van der Waals surface area contributed by atoms with Gasteiger partial charge in [0.25, 0.3) is 0 Å². The first-order valence-electron chi connectivity index (χ1n) is 7.69. The van der Waals surface area contributed by atoms with Gasteiger partial charge >= 0.3 is 0 Å². The van der Waals surface area contributed by atoms with E-state index in [0.717, 1.165) is 30.4 Å². The van der Waals surface area contributed by atoms with Crippen molar-refractivity contribution in [1.29, 1.82) is 5.26 Å². The molecule has 0 bridgehead atoms. The number of aromatic nitrogens is 2. The van der Waals surface area contributed by atoms with Crippen LogP contribution >= 0.6 is 11.6 Å². The molecule has 0 aliphatic carbocycles. The van der Waals surface area contributed by atoms with E-state index >= 15 is 0 Å². The Morgan fingerprint density at radius 3 is 2.96 bits per heavy atom. The van der Waals surface area contributed by atoms with Gasteiger partial charge in [0, 0.05) is 33.3 Å². The summed E-state index contributed by atoms with van der Waals surface area (Å²) in [6.07, 6.45) is 2.69. The third-order valence-corrected chi connectivity index (χ3v) is 4.18. The Hall–Kier alpha value is -2.52. The Bertz CT molecular complexity index is 774. The number of pyridine rings is 2.